The number of nitrogens with zero attached hydrogens (tertiary/aromatic N) is 1. The van der Waals surface area contributed by atoms with Crippen molar-refractivity contribution in [1.29, 1.82) is 0 Å². The summed E-state index contributed by atoms with van der Waals surface area (Å²) in [5.74, 6) is 1.20. The lowest BCUT2D eigenvalue weighted by atomic mass is 10.1. The molecule has 2 rings (SSSR count). The molecular formula is C20H28IN3O2. The molecule has 0 bridgehead atoms. The molecule has 0 saturated carbocycles. The number of anilines is 1. The quantitative estimate of drug-likeness (QED) is 0.276. The number of hydrogen-bond donors (Lipinski definition) is 2. The van der Waals surface area contributed by atoms with E-state index in [1.807, 2.05) is 31.2 Å². The smallest absolute Gasteiger partial charge is 0.193 e. The summed E-state index contributed by atoms with van der Waals surface area (Å²) >= 11 is 0. The van der Waals surface area contributed by atoms with Gasteiger partial charge in [0, 0.05) is 18.4 Å². The molecule has 0 amide bonds. The Balaban J connectivity index is 0.00000338. The largest absolute Gasteiger partial charge is 0.491 e. The number of guanidine groups is 1. The van der Waals surface area contributed by atoms with Gasteiger partial charge in [0.05, 0.1) is 13.2 Å². The third-order valence-electron chi connectivity index (χ3n) is 3.97. The Bertz CT molecular complexity index is 748. The first-order valence-corrected chi connectivity index (χ1v) is 8.35. The normalized spacial score (nSPS) is 11.0. The van der Waals surface area contributed by atoms with Crippen molar-refractivity contribution in [2.45, 2.75) is 27.3 Å². The van der Waals surface area contributed by atoms with Crippen molar-refractivity contribution < 1.29 is 9.47 Å². The Kier molecular flexibility index (Phi) is 9.43. The van der Waals surface area contributed by atoms with E-state index >= 15 is 0 Å². The van der Waals surface area contributed by atoms with Gasteiger partial charge >= 0.3 is 0 Å². The van der Waals surface area contributed by atoms with Gasteiger partial charge in [0.1, 0.15) is 12.4 Å². The van der Waals surface area contributed by atoms with Crippen LogP contribution >= 0.6 is 24.0 Å². The lowest BCUT2D eigenvalue weighted by Gasteiger charge is -2.12. The average molecular weight is 469 g/mol. The molecule has 0 aromatic heterocycles. The number of methoxy groups -OCH3 is 1. The van der Waals surface area contributed by atoms with E-state index < -0.39 is 0 Å². The molecule has 0 heterocycles. The molecule has 0 fully saturated rings. The molecule has 5 nitrogen and oxygen atoms in total. The molecule has 0 radical (unpaired) electrons. The Morgan fingerprint density at radius 2 is 1.81 bits per heavy atom. The van der Waals surface area contributed by atoms with Crippen LogP contribution in [-0.4, -0.2) is 26.3 Å². The van der Waals surface area contributed by atoms with Gasteiger partial charge in [-0.3, -0.25) is 0 Å². The number of aliphatic imine (C=N–C) groups is 1. The second-order valence-electron chi connectivity index (χ2n) is 6.08. The zero-order chi connectivity index (χ0) is 18.2. The van der Waals surface area contributed by atoms with Gasteiger partial charge in [0.25, 0.3) is 0 Å². The molecule has 0 aliphatic heterocycles. The van der Waals surface area contributed by atoms with Crippen molar-refractivity contribution in [2.24, 2.45) is 10.7 Å². The molecule has 2 aromatic carbocycles. The summed E-state index contributed by atoms with van der Waals surface area (Å²) in [6.07, 6.45) is 0. The summed E-state index contributed by atoms with van der Waals surface area (Å²) in [6.45, 7) is 7.70. The standard InChI is InChI=1S/C20H27N3O2.HI/c1-14-5-7-17(19(11-14)25-10-9-24-4)13-22-20(21)23-18-8-6-15(2)16(3)12-18;/h5-8,11-12H,9-10,13H2,1-4H3,(H3,21,22,23);1H. The number of nitrogens with two attached hydrogens (primary N) is 1. The summed E-state index contributed by atoms with van der Waals surface area (Å²) in [5, 5.41) is 3.13. The number of hydrogen-bond acceptors (Lipinski definition) is 3. The van der Waals surface area contributed by atoms with Crippen LogP contribution < -0.4 is 15.8 Å². The van der Waals surface area contributed by atoms with E-state index in [2.05, 4.69) is 36.3 Å². The Morgan fingerprint density at radius 1 is 1.04 bits per heavy atom. The van der Waals surface area contributed by atoms with Crippen LogP contribution in [0.5, 0.6) is 5.75 Å². The van der Waals surface area contributed by atoms with Crippen LogP contribution in [0.2, 0.25) is 0 Å². The summed E-state index contributed by atoms with van der Waals surface area (Å²) in [5.41, 5.74) is 11.6. The molecule has 26 heavy (non-hydrogen) atoms. The minimum absolute atomic E-state index is 0. The Labute approximate surface area is 173 Å². The van der Waals surface area contributed by atoms with Crippen molar-refractivity contribution in [3.63, 3.8) is 0 Å². The van der Waals surface area contributed by atoms with Crippen LogP contribution in [0.25, 0.3) is 0 Å². The third-order valence-corrected chi connectivity index (χ3v) is 3.97. The molecule has 0 unspecified atom stereocenters. The molecule has 2 aromatic rings. The van der Waals surface area contributed by atoms with Crippen LogP contribution in [0, 0.1) is 20.8 Å². The molecule has 0 aliphatic rings. The minimum atomic E-state index is 0. The van der Waals surface area contributed by atoms with E-state index in [0.717, 1.165) is 22.6 Å². The SMILES string of the molecule is COCCOc1cc(C)ccc1CN=C(N)Nc1ccc(C)c(C)c1.I. The number of rotatable bonds is 7. The summed E-state index contributed by atoms with van der Waals surface area (Å²) in [7, 11) is 1.66. The van der Waals surface area contributed by atoms with Gasteiger partial charge in [-0.1, -0.05) is 18.2 Å². The van der Waals surface area contributed by atoms with Gasteiger partial charge in [0.15, 0.2) is 5.96 Å². The van der Waals surface area contributed by atoms with Crippen molar-refractivity contribution >= 4 is 35.6 Å². The average Bonchev–Trinajstić information content (AvgIpc) is 2.58. The van der Waals surface area contributed by atoms with Crippen molar-refractivity contribution in [3.8, 4) is 5.75 Å². The fourth-order valence-electron chi connectivity index (χ4n) is 2.34. The first-order valence-electron chi connectivity index (χ1n) is 8.35. The molecule has 0 atom stereocenters. The monoisotopic (exact) mass is 469 g/mol. The molecule has 3 N–H and O–H groups in total. The van der Waals surface area contributed by atoms with Crippen LogP contribution in [0.15, 0.2) is 41.4 Å². The van der Waals surface area contributed by atoms with Crippen molar-refractivity contribution in [1.82, 2.24) is 0 Å². The van der Waals surface area contributed by atoms with E-state index in [4.69, 9.17) is 15.2 Å². The maximum absolute atomic E-state index is 6.02. The number of benzene rings is 2. The van der Waals surface area contributed by atoms with Crippen LogP contribution in [0.3, 0.4) is 0 Å². The number of aryl methyl sites for hydroxylation is 3. The second kappa shape index (κ2) is 11.0. The highest BCUT2D eigenvalue weighted by atomic mass is 127. The molecule has 142 valence electrons. The summed E-state index contributed by atoms with van der Waals surface area (Å²) in [4.78, 5) is 4.43. The van der Waals surface area contributed by atoms with E-state index in [0.29, 0.717) is 25.7 Å². The van der Waals surface area contributed by atoms with Gasteiger partial charge in [-0.2, -0.15) is 0 Å². The highest BCUT2D eigenvalue weighted by Crippen LogP contribution is 2.21. The fourth-order valence-corrected chi connectivity index (χ4v) is 2.34. The summed E-state index contributed by atoms with van der Waals surface area (Å²) in [6, 6.07) is 12.2. The van der Waals surface area contributed by atoms with Gasteiger partial charge < -0.3 is 20.5 Å². The van der Waals surface area contributed by atoms with Crippen LogP contribution in [-0.2, 0) is 11.3 Å². The van der Waals surface area contributed by atoms with E-state index in [1.54, 1.807) is 7.11 Å². The maximum Gasteiger partial charge on any atom is 0.193 e. The van der Waals surface area contributed by atoms with Gasteiger partial charge in [-0.05, 0) is 55.7 Å². The Morgan fingerprint density at radius 3 is 2.50 bits per heavy atom. The zero-order valence-corrected chi connectivity index (χ0v) is 18.2. The van der Waals surface area contributed by atoms with Crippen molar-refractivity contribution in [3.05, 3.63) is 58.7 Å². The van der Waals surface area contributed by atoms with Crippen LogP contribution in [0.4, 0.5) is 5.69 Å². The number of nitrogens with one attached hydrogen (secondary N) is 1. The Hall–Kier alpha value is -1.80. The summed E-state index contributed by atoms with van der Waals surface area (Å²) < 4.78 is 10.8. The topological polar surface area (TPSA) is 68.9 Å². The molecule has 6 heteroatoms. The van der Waals surface area contributed by atoms with Gasteiger partial charge in [-0.25, -0.2) is 4.99 Å². The fraction of sp³-hybridized carbons (Fsp3) is 0.350. The van der Waals surface area contributed by atoms with Crippen LogP contribution in [0.1, 0.15) is 22.3 Å². The van der Waals surface area contributed by atoms with Crippen molar-refractivity contribution in [2.75, 3.05) is 25.6 Å². The highest BCUT2D eigenvalue weighted by molar-refractivity contribution is 14.0. The molecule has 0 aliphatic carbocycles. The number of ether oxygens (including phenoxy) is 2. The predicted octanol–water partition coefficient (Wildman–Crippen LogP) is 4.18. The molecule has 0 spiro atoms. The van der Waals surface area contributed by atoms with E-state index in [1.165, 1.54) is 11.1 Å². The second-order valence-corrected chi connectivity index (χ2v) is 6.08. The lowest BCUT2D eigenvalue weighted by Crippen LogP contribution is -2.22. The van der Waals surface area contributed by atoms with Gasteiger partial charge in [0.2, 0.25) is 0 Å². The first kappa shape index (κ1) is 22.2. The van der Waals surface area contributed by atoms with E-state index in [-0.39, 0.29) is 24.0 Å². The molecular weight excluding hydrogens is 441 g/mol. The van der Waals surface area contributed by atoms with E-state index in [9.17, 15) is 0 Å². The highest BCUT2D eigenvalue weighted by Gasteiger charge is 2.05. The minimum Gasteiger partial charge on any atom is -0.491 e. The van der Waals surface area contributed by atoms with Gasteiger partial charge in [-0.15, -0.1) is 24.0 Å². The first-order chi connectivity index (χ1) is 12.0. The maximum atomic E-state index is 6.02. The molecule has 0 saturated heterocycles. The third kappa shape index (κ3) is 6.84. The predicted molar refractivity (Wildman–Crippen MR) is 119 cm³/mol. The zero-order valence-electron chi connectivity index (χ0n) is 15.8. The number of halogens is 1. The lowest BCUT2D eigenvalue weighted by molar-refractivity contribution is 0.146.